The Kier molecular flexibility index (Phi) is 2.03. The molecule has 1 nitrogen and oxygen atoms in total. The average Bonchev–Trinajstić information content (AvgIpc) is 2.07. The summed E-state index contributed by atoms with van der Waals surface area (Å²) in [4.78, 5) is 0. The van der Waals surface area contributed by atoms with Gasteiger partial charge < -0.3 is 5.32 Å². The molecule has 1 aromatic rings. The van der Waals surface area contributed by atoms with Gasteiger partial charge in [-0.3, -0.25) is 0 Å². The number of nitrogens with one attached hydrogen (secondary N) is 1. The van der Waals surface area contributed by atoms with Crippen LogP contribution < -0.4 is 5.32 Å². The van der Waals surface area contributed by atoms with E-state index in [2.05, 4.69) is 44.3 Å². The molecule has 2 atom stereocenters. The molecule has 0 unspecified atom stereocenters. The molecule has 0 fully saturated rings. The van der Waals surface area contributed by atoms with Crippen molar-refractivity contribution in [3.63, 3.8) is 0 Å². The molecular formula is C12H17N. The minimum absolute atomic E-state index is 0.614. The van der Waals surface area contributed by atoms with Gasteiger partial charge in [-0.05, 0) is 37.3 Å². The van der Waals surface area contributed by atoms with Crippen molar-refractivity contribution >= 4 is 5.69 Å². The summed E-state index contributed by atoms with van der Waals surface area (Å²) in [6, 6.07) is 7.19. The highest BCUT2D eigenvalue weighted by atomic mass is 14.9. The monoisotopic (exact) mass is 175 g/mol. The van der Waals surface area contributed by atoms with E-state index >= 15 is 0 Å². The molecule has 0 spiro atoms. The van der Waals surface area contributed by atoms with E-state index in [1.165, 1.54) is 23.2 Å². The summed E-state index contributed by atoms with van der Waals surface area (Å²) < 4.78 is 0. The lowest BCUT2D eigenvalue weighted by Crippen LogP contribution is -2.24. The molecule has 0 aliphatic carbocycles. The lowest BCUT2D eigenvalue weighted by Gasteiger charge is -2.30. The van der Waals surface area contributed by atoms with Gasteiger partial charge in [0.1, 0.15) is 0 Å². The summed E-state index contributed by atoms with van der Waals surface area (Å²) in [6.07, 6.45) is 1.25. The van der Waals surface area contributed by atoms with Gasteiger partial charge >= 0.3 is 0 Å². The number of benzene rings is 1. The molecule has 13 heavy (non-hydrogen) atoms. The van der Waals surface area contributed by atoms with Gasteiger partial charge in [-0.2, -0.15) is 0 Å². The van der Waals surface area contributed by atoms with E-state index in [4.69, 9.17) is 0 Å². The summed E-state index contributed by atoms with van der Waals surface area (Å²) in [7, 11) is 0. The van der Waals surface area contributed by atoms with Crippen LogP contribution in [0.1, 0.15) is 37.3 Å². The molecule has 1 heteroatoms. The van der Waals surface area contributed by atoms with Gasteiger partial charge in [-0.15, -0.1) is 0 Å². The van der Waals surface area contributed by atoms with Crippen LogP contribution in [0.4, 0.5) is 5.69 Å². The Labute approximate surface area is 80.2 Å². The topological polar surface area (TPSA) is 12.0 Å². The van der Waals surface area contributed by atoms with Crippen LogP contribution in [0.5, 0.6) is 0 Å². The molecule has 0 radical (unpaired) electrons. The SMILES string of the molecule is Cc1cccc2c1N[C@H](C)C[C@H]2C. The van der Waals surface area contributed by atoms with Crippen LogP contribution in [-0.4, -0.2) is 6.04 Å². The Hall–Kier alpha value is -0.980. The summed E-state index contributed by atoms with van der Waals surface area (Å²) >= 11 is 0. The second kappa shape index (κ2) is 3.06. The third kappa shape index (κ3) is 1.43. The van der Waals surface area contributed by atoms with Crippen molar-refractivity contribution < 1.29 is 0 Å². The highest BCUT2D eigenvalue weighted by molar-refractivity contribution is 5.60. The van der Waals surface area contributed by atoms with Gasteiger partial charge in [0.05, 0.1) is 0 Å². The van der Waals surface area contributed by atoms with Crippen molar-refractivity contribution in [3.8, 4) is 0 Å². The Balaban J connectivity index is 2.49. The van der Waals surface area contributed by atoms with Crippen LogP contribution in [0.3, 0.4) is 0 Å². The summed E-state index contributed by atoms with van der Waals surface area (Å²) in [6.45, 7) is 6.75. The van der Waals surface area contributed by atoms with E-state index in [1.807, 2.05) is 0 Å². The molecule has 1 aliphatic rings. The first-order chi connectivity index (χ1) is 6.18. The maximum Gasteiger partial charge on any atom is 0.0407 e. The number of fused-ring (bicyclic) bond motifs is 1. The zero-order valence-electron chi connectivity index (χ0n) is 8.59. The number of rotatable bonds is 0. The maximum atomic E-state index is 3.56. The van der Waals surface area contributed by atoms with Gasteiger partial charge in [-0.25, -0.2) is 0 Å². The largest absolute Gasteiger partial charge is 0.382 e. The smallest absolute Gasteiger partial charge is 0.0407 e. The third-order valence-corrected chi connectivity index (χ3v) is 2.93. The summed E-state index contributed by atoms with van der Waals surface area (Å²) in [5.41, 5.74) is 4.22. The van der Waals surface area contributed by atoms with E-state index in [-0.39, 0.29) is 0 Å². The van der Waals surface area contributed by atoms with Crippen LogP contribution in [-0.2, 0) is 0 Å². The van der Waals surface area contributed by atoms with Gasteiger partial charge in [0.25, 0.3) is 0 Å². The lowest BCUT2D eigenvalue weighted by molar-refractivity contribution is 0.589. The normalized spacial score (nSPS) is 26.4. The van der Waals surface area contributed by atoms with E-state index in [9.17, 15) is 0 Å². The first-order valence-corrected chi connectivity index (χ1v) is 5.04. The number of hydrogen-bond donors (Lipinski definition) is 1. The molecule has 1 N–H and O–H groups in total. The first-order valence-electron chi connectivity index (χ1n) is 5.04. The van der Waals surface area contributed by atoms with E-state index < -0.39 is 0 Å². The van der Waals surface area contributed by atoms with Gasteiger partial charge in [0.15, 0.2) is 0 Å². The highest BCUT2D eigenvalue weighted by Gasteiger charge is 2.21. The minimum Gasteiger partial charge on any atom is -0.382 e. The predicted octanol–water partition coefficient (Wildman–Crippen LogP) is 3.30. The Morgan fingerprint density at radius 1 is 1.31 bits per heavy atom. The molecule has 1 aliphatic heterocycles. The van der Waals surface area contributed by atoms with E-state index in [1.54, 1.807) is 0 Å². The Morgan fingerprint density at radius 3 is 2.85 bits per heavy atom. The third-order valence-electron chi connectivity index (χ3n) is 2.93. The number of hydrogen-bond acceptors (Lipinski definition) is 1. The Bertz CT molecular complexity index is 317. The fourth-order valence-corrected chi connectivity index (χ4v) is 2.26. The molecule has 0 bridgehead atoms. The second-order valence-electron chi connectivity index (χ2n) is 4.22. The molecular weight excluding hydrogens is 158 g/mol. The molecule has 0 aromatic heterocycles. The maximum absolute atomic E-state index is 3.56. The summed E-state index contributed by atoms with van der Waals surface area (Å²) in [5.74, 6) is 0.700. The second-order valence-corrected chi connectivity index (χ2v) is 4.22. The number of anilines is 1. The van der Waals surface area contributed by atoms with Gasteiger partial charge in [0, 0.05) is 11.7 Å². The van der Waals surface area contributed by atoms with Crippen molar-refractivity contribution in [1.82, 2.24) is 0 Å². The Morgan fingerprint density at radius 2 is 2.08 bits per heavy atom. The predicted molar refractivity (Wildman–Crippen MR) is 57.3 cm³/mol. The van der Waals surface area contributed by atoms with Crippen molar-refractivity contribution in [2.75, 3.05) is 5.32 Å². The van der Waals surface area contributed by atoms with Crippen molar-refractivity contribution in [3.05, 3.63) is 29.3 Å². The molecule has 70 valence electrons. The standard InChI is InChI=1S/C12H17N/c1-8-5-4-6-11-9(2)7-10(3)13-12(8)11/h4-6,9-10,13H,7H2,1-3H3/t9-,10-/m1/s1. The van der Waals surface area contributed by atoms with Crippen LogP contribution in [0.15, 0.2) is 18.2 Å². The fraction of sp³-hybridized carbons (Fsp3) is 0.500. The van der Waals surface area contributed by atoms with Crippen LogP contribution in [0.2, 0.25) is 0 Å². The quantitative estimate of drug-likeness (QED) is 0.638. The summed E-state index contributed by atoms with van der Waals surface area (Å²) in [5, 5.41) is 3.56. The number of aryl methyl sites for hydroxylation is 1. The van der Waals surface area contributed by atoms with Crippen LogP contribution >= 0.6 is 0 Å². The lowest BCUT2D eigenvalue weighted by atomic mass is 9.87. The fourth-order valence-electron chi connectivity index (χ4n) is 2.26. The molecule has 2 rings (SSSR count). The van der Waals surface area contributed by atoms with E-state index in [0.717, 1.165) is 0 Å². The molecule has 1 aromatic carbocycles. The van der Waals surface area contributed by atoms with Crippen LogP contribution in [0, 0.1) is 6.92 Å². The molecule has 0 amide bonds. The zero-order chi connectivity index (χ0) is 9.42. The van der Waals surface area contributed by atoms with Gasteiger partial charge in [-0.1, -0.05) is 25.1 Å². The van der Waals surface area contributed by atoms with Crippen molar-refractivity contribution in [1.29, 1.82) is 0 Å². The molecule has 0 saturated heterocycles. The molecule has 0 saturated carbocycles. The zero-order valence-corrected chi connectivity index (χ0v) is 8.59. The van der Waals surface area contributed by atoms with Crippen molar-refractivity contribution in [2.24, 2.45) is 0 Å². The van der Waals surface area contributed by atoms with Gasteiger partial charge in [0.2, 0.25) is 0 Å². The minimum atomic E-state index is 0.614. The first kappa shape index (κ1) is 8.61. The molecule has 1 heterocycles. The van der Waals surface area contributed by atoms with E-state index in [0.29, 0.717) is 12.0 Å². The van der Waals surface area contributed by atoms with Crippen LogP contribution in [0.25, 0.3) is 0 Å². The van der Waals surface area contributed by atoms with Crippen molar-refractivity contribution in [2.45, 2.75) is 39.2 Å². The average molecular weight is 175 g/mol. The highest BCUT2D eigenvalue weighted by Crippen LogP contribution is 2.35. The number of para-hydroxylation sites is 1.